The van der Waals surface area contributed by atoms with E-state index in [0.29, 0.717) is 43.8 Å². The van der Waals surface area contributed by atoms with Gasteiger partial charge in [-0.05, 0) is 24.3 Å². The van der Waals surface area contributed by atoms with Gasteiger partial charge in [-0.1, -0.05) is 0 Å². The highest BCUT2D eigenvalue weighted by Crippen LogP contribution is 2.25. The second kappa shape index (κ2) is 9.21. The third-order valence-electron chi connectivity index (χ3n) is 5.18. The highest BCUT2D eigenvalue weighted by Gasteiger charge is 2.35. The van der Waals surface area contributed by atoms with Gasteiger partial charge in [-0.3, -0.25) is 9.59 Å². The third kappa shape index (κ3) is 4.88. The van der Waals surface area contributed by atoms with E-state index in [0.717, 1.165) is 0 Å². The number of amides is 2. The Morgan fingerprint density at radius 3 is 2.68 bits per heavy atom. The van der Waals surface area contributed by atoms with Crippen molar-refractivity contribution < 1.29 is 23.5 Å². The molecule has 2 fully saturated rings. The number of benzene rings is 1. The molecule has 2 aliphatic heterocycles. The zero-order valence-electron chi connectivity index (χ0n) is 17.1. The molecular formula is C20H23FN6O4. The third-order valence-corrected chi connectivity index (χ3v) is 5.18. The number of carbonyl (C=O) groups is 2. The Morgan fingerprint density at radius 2 is 1.97 bits per heavy atom. The number of nitrogens with zero attached hydrogens (tertiary/aromatic N) is 5. The predicted octanol–water partition coefficient (Wildman–Crippen LogP) is 0.525. The first kappa shape index (κ1) is 20.9. The van der Waals surface area contributed by atoms with Crippen LogP contribution >= 0.6 is 0 Å². The van der Waals surface area contributed by atoms with Gasteiger partial charge in [-0.15, -0.1) is 0 Å². The zero-order valence-corrected chi connectivity index (χ0v) is 17.1. The zero-order chi connectivity index (χ0) is 21.8. The van der Waals surface area contributed by atoms with Crippen molar-refractivity contribution in [3.8, 4) is 6.01 Å². The van der Waals surface area contributed by atoms with E-state index in [1.807, 2.05) is 4.90 Å². The number of anilines is 2. The fourth-order valence-corrected chi connectivity index (χ4v) is 3.53. The van der Waals surface area contributed by atoms with Crippen LogP contribution < -0.4 is 19.9 Å². The van der Waals surface area contributed by atoms with E-state index in [9.17, 15) is 14.0 Å². The van der Waals surface area contributed by atoms with Crippen molar-refractivity contribution in [3.05, 3.63) is 35.9 Å². The number of hydrogen-bond donors (Lipinski definition) is 1. The second-order valence-corrected chi connectivity index (χ2v) is 7.24. The molecule has 0 aliphatic carbocycles. The van der Waals surface area contributed by atoms with Crippen LogP contribution in [0.25, 0.3) is 0 Å². The molecule has 10 nitrogen and oxygen atoms in total. The Labute approximate surface area is 178 Å². The number of nitrogens with one attached hydrogen (secondary N) is 1. The number of halogens is 1. The smallest absolute Gasteiger partial charge is 0.321 e. The lowest BCUT2D eigenvalue weighted by Gasteiger charge is -2.26. The maximum Gasteiger partial charge on any atom is 0.321 e. The first-order valence-corrected chi connectivity index (χ1v) is 9.99. The highest BCUT2D eigenvalue weighted by atomic mass is 19.1. The van der Waals surface area contributed by atoms with Crippen LogP contribution in [0.3, 0.4) is 0 Å². The Kier molecular flexibility index (Phi) is 6.21. The maximum absolute atomic E-state index is 13.1. The molecular weight excluding hydrogens is 407 g/mol. The molecule has 1 atom stereocenters. The van der Waals surface area contributed by atoms with Crippen molar-refractivity contribution in [2.45, 2.75) is 13.0 Å². The van der Waals surface area contributed by atoms with Crippen molar-refractivity contribution in [1.29, 1.82) is 0 Å². The SMILES string of the molecule is COc1nc(CNC(=O)C2CC(=O)N(c3ccc(F)cc3)C2)nc(N2CCOCC2)n1. The van der Waals surface area contributed by atoms with Crippen molar-refractivity contribution in [3.63, 3.8) is 0 Å². The van der Waals surface area contributed by atoms with Crippen LogP contribution in [-0.2, 0) is 20.9 Å². The molecule has 11 heteroatoms. The molecule has 2 saturated heterocycles. The Morgan fingerprint density at radius 1 is 1.23 bits per heavy atom. The number of carbonyl (C=O) groups excluding carboxylic acids is 2. The number of hydrogen-bond acceptors (Lipinski definition) is 8. The van der Waals surface area contributed by atoms with Gasteiger partial charge in [0.05, 0.1) is 32.8 Å². The van der Waals surface area contributed by atoms with Gasteiger partial charge < -0.3 is 24.6 Å². The summed E-state index contributed by atoms with van der Waals surface area (Å²) in [5.74, 6) is -0.512. The van der Waals surface area contributed by atoms with E-state index in [1.165, 1.54) is 36.3 Å². The van der Waals surface area contributed by atoms with E-state index in [-0.39, 0.29) is 43.2 Å². The van der Waals surface area contributed by atoms with Crippen LogP contribution in [0.1, 0.15) is 12.2 Å². The summed E-state index contributed by atoms with van der Waals surface area (Å²) in [5, 5.41) is 2.79. The molecule has 2 amide bonds. The van der Waals surface area contributed by atoms with Crippen LogP contribution in [-0.4, -0.2) is 66.7 Å². The molecule has 31 heavy (non-hydrogen) atoms. The number of aromatic nitrogens is 3. The molecule has 0 spiro atoms. The van der Waals surface area contributed by atoms with E-state index in [2.05, 4.69) is 20.3 Å². The van der Waals surface area contributed by atoms with Crippen molar-refractivity contribution in [2.24, 2.45) is 5.92 Å². The quantitative estimate of drug-likeness (QED) is 0.707. The molecule has 2 aliphatic rings. The largest absolute Gasteiger partial charge is 0.467 e. The standard InChI is InChI=1S/C20H23FN6O4/c1-30-20-24-16(23-19(25-20)26-6-8-31-9-7-26)11-22-18(29)13-10-17(28)27(12-13)15-4-2-14(21)3-5-15/h2-5,13H,6-12H2,1H3,(H,22,29). The monoisotopic (exact) mass is 430 g/mol. The molecule has 0 bridgehead atoms. The number of rotatable bonds is 6. The molecule has 164 valence electrons. The van der Waals surface area contributed by atoms with E-state index < -0.39 is 5.92 Å². The Hall–Kier alpha value is -3.34. The molecule has 2 aromatic rings. The molecule has 0 radical (unpaired) electrons. The number of methoxy groups -OCH3 is 1. The first-order valence-electron chi connectivity index (χ1n) is 9.99. The first-order chi connectivity index (χ1) is 15.0. The van der Waals surface area contributed by atoms with Gasteiger partial charge in [0.1, 0.15) is 5.82 Å². The fourth-order valence-electron chi connectivity index (χ4n) is 3.53. The Bertz CT molecular complexity index is 951. The summed E-state index contributed by atoms with van der Waals surface area (Å²) in [4.78, 5) is 41.4. The van der Waals surface area contributed by atoms with Gasteiger partial charge in [-0.2, -0.15) is 15.0 Å². The van der Waals surface area contributed by atoms with Crippen LogP contribution in [0.5, 0.6) is 6.01 Å². The summed E-state index contributed by atoms with van der Waals surface area (Å²) < 4.78 is 23.7. The summed E-state index contributed by atoms with van der Waals surface area (Å²) in [5.41, 5.74) is 0.569. The molecule has 1 unspecified atom stereocenters. The molecule has 4 rings (SSSR count). The van der Waals surface area contributed by atoms with E-state index in [1.54, 1.807) is 0 Å². The van der Waals surface area contributed by atoms with Crippen LogP contribution in [0, 0.1) is 11.7 Å². The van der Waals surface area contributed by atoms with Crippen LogP contribution in [0.4, 0.5) is 16.0 Å². The van der Waals surface area contributed by atoms with Crippen molar-refractivity contribution >= 4 is 23.5 Å². The highest BCUT2D eigenvalue weighted by molar-refractivity contribution is 6.00. The summed E-state index contributed by atoms with van der Waals surface area (Å²) >= 11 is 0. The van der Waals surface area contributed by atoms with Gasteiger partial charge in [0.15, 0.2) is 5.82 Å². The average molecular weight is 430 g/mol. The predicted molar refractivity (Wildman–Crippen MR) is 108 cm³/mol. The van der Waals surface area contributed by atoms with Gasteiger partial charge >= 0.3 is 6.01 Å². The minimum atomic E-state index is -0.514. The minimum absolute atomic E-state index is 0.0797. The van der Waals surface area contributed by atoms with E-state index >= 15 is 0 Å². The number of morpholine rings is 1. The summed E-state index contributed by atoms with van der Waals surface area (Å²) in [6.45, 7) is 2.79. The van der Waals surface area contributed by atoms with Crippen molar-refractivity contribution in [2.75, 3.05) is 49.8 Å². The lowest BCUT2D eigenvalue weighted by Crippen LogP contribution is -2.38. The van der Waals surface area contributed by atoms with E-state index in [4.69, 9.17) is 9.47 Å². The summed E-state index contributed by atoms with van der Waals surface area (Å²) in [7, 11) is 1.47. The van der Waals surface area contributed by atoms with Crippen LogP contribution in [0.15, 0.2) is 24.3 Å². The molecule has 1 aromatic heterocycles. The molecule has 1 aromatic carbocycles. The van der Waals surface area contributed by atoms with Gasteiger partial charge in [-0.25, -0.2) is 4.39 Å². The van der Waals surface area contributed by atoms with Crippen molar-refractivity contribution in [1.82, 2.24) is 20.3 Å². The second-order valence-electron chi connectivity index (χ2n) is 7.24. The number of ether oxygens (including phenoxy) is 2. The normalized spacial score (nSPS) is 18.9. The maximum atomic E-state index is 13.1. The fraction of sp³-hybridized carbons (Fsp3) is 0.450. The molecule has 1 N–H and O–H groups in total. The van der Waals surface area contributed by atoms with Gasteiger partial charge in [0, 0.05) is 31.7 Å². The Balaban J connectivity index is 1.39. The molecule has 3 heterocycles. The lowest BCUT2D eigenvalue weighted by atomic mass is 10.1. The van der Waals surface area contributed by atoms with Gasteiger partial charge in [0.2, 0.25) is 17.8 Å². The summed E-state index contributed by atoms with van der Waals surface area (Å²) in [6, 6.07) is 5.79. The average Bonchev–Trinajstić information content (AvgIpc) is 3.20. The summed E-state index contributed by atoms with van der Waals surface area (Å²) in [6.07, 6.45) is 0.0861. The topological polar surface area (TPSA) is 110 Å². The minimum Gasteiger partial charge on any atom is -0.467 e. The van der Waals surface area contributed by atoms with Gasteiger partial charge in [0.25, 0.3) is 0 Å². The van der Waals surface area contributed by atoms with Crippen LogP contribution in [0.2, 0.25) is 0 Å². The molecule has 0 saturated carbocycles. The lowest BCUT2D eigenvalue weighted by molar-refractivity contribution is -0.126.